The predicted octanol–water partition coefficient (Wildman–Crippen LogP) is 5.51. The Bertz CT molecular complexity index is 1030. The Kier molecular flexibility index (Phi) is 5.58. The molecule has 5 nitrogen and oxygen atoms in total. The van der Waals surface area contributed by atoms with Crippen molar-refractivity contribution in [3.8, 4) is 5.75 Å². The topological polar surface area (TPSA) is 54.5 Å². The first-order chi connectivity index (χ1) is 14.0. The van der Waals surface area contributed by atoms with Crippen LogP contribution < -0.4 is 10.1 Å². The van der Waals surface area contributed by atoms with Crippen molar-refractivity contribution < 1.29 is 9.53 Å². The number of hydrogen-bond acceptors (Lipinski definition) is 4. The SMILES string of the molecule is COc1ccc2nc(C(=O)N3CCC(C)CC3)cc(Nc3ccc(Cl)cc3)c2c1. The minimum Gasteiger partial charge on any atom is -0.497 e. The average Bonchev–Trinajstić information content (AvgIpc) is 2.75. The zero-order valence-electron chi connectivity index (χ0n) is 16.6. The molecule has 0 spiro atoms. The first-order valence-corrected chi connectivity index (χ1v) is 10.2. The summed E-state index contributed by atoms with van der Waals surface area (Å²) in [6, 6.07) is 15.0. The molecule has 1 aromatic heterocycles. The Morgan fingerprint density at radius 1 is 1.14 bits per heavy atom. The molecule has 2 heterocycles. The smallest absolute Gasteiger partial charge is 0.272 e. The third kappa shape index (κ3) is 4.30. The molecule has 6 heteroatoms. The molecule has 150 valence electrons. The van der Waals surface area contributed by atoms with Crippen LogP contribution in [-0.4, -0.2) is 36.0 Å². The number of ether oxygens (including phenoxy) is 1. The van der Waals surface area contributed by atoms with Crippen LogP contribution in [0.1, 0.15) is 30.3 Å². The van der Waals surface area contributed by atoms with Gasteiger partial charge in [0.15, 0.2) is 0 Å². The van der Waals surface area contributed by atoms with Crippen LogP contribution in [-0.2, 0) is 0 Å². The van der Waals surface area contributed by atoms with Crippen LogP contribution in [0.3, 0.4) is 0 Å². The monoisotopic (exact) mass is 409 g/mol. The van der Waals surface area contributed by atoms with Crippen LogP contribution in [0.4, 0.5) is 11.4 Å². The summed E-state index contributed by atoms with van der Waals surface area (Å²) in [6.07, 6.45) is 2.07. The lowest BCUT2D eigenvalue weighted by Gasteiger charge is -2.30. The van der Waals surface area contributed by atoms with Crippen LogP contribution >= 0.6 is 11.6 Å². The summed E-state index contributed by atoms with van der Waals surface area (Å²) in [5, 5.41) is 4.97. The molecule has 0 unspecified atom stereocenters. The van der Waals surface area contributed by atoms with Gasteiger partial charge in [-0.15, -0.1) is 0 Å². The Hall–Kier alpha value is -2.79. The Balaban J connectivity index is 1.74. The largest absolute Gasteiger partial charge is 0.497 e. The molecule has 3 aromatic rings. The van der Waals surface area contributed by atoms with Gasteiger partial charge in [-0.1, -0.05) is 18.5 Å². The van der Waals surface area contributed by atoms with Crippen molar-refractivity contribution >= 4 is 39.8 Å². The fraction of sp³-hybridized carbons (Fsp3) is 0.304. The van der Waals surface area contributed by atoms with Gasteiger partial charge >= 0.3 is 0 Å². The number of aromatic nitrogens is 1. The summed E-state index contributed by atoms with van der Waals surface area (Å²) >= 11 is 6.01. The number of benzene rings is 2. The van der Waals surface area contributed by atoms with E-state index in [4.69, 9.17) is 16.3 Å². The number of pyridine rings is 1. The number of nitrogens with one attached hydrogen (secondary N) is 1. The van der Waals surface area contributed by atoms with Crippen molar-refractivity contribution in [1.29, 1.82) is 0 Å². The fourth-order valence-corrected chi connectivity index (χ4v) is 3.73. The molecule has 4 rings (SSSR count). The van der Waals surface area contributed by atoms with E-state index in [0.29, 0.717) is 16.6 Å². The molecule has 0 radical (unpaired) electrons. The lowest BCUT2D eigenvalue weighted by molar-refractivity contribution is 0.0692. The number of halogens is 1. The Morgan fingerprint density at radius 3 is 2.55 bits per heavy atom. The molecule has 1 amide bonds. The molecular weight excluding hydrogens is 386 g/mol. The van der Waals surface area contributed by atoms with E-state index < -0.39 is 0 Å². The van der Waals surface area contributed by atoms with Crippen LogP contribution in [0, 0.1) is 5.92 Å². The maximum atomic E-state index is 13.1. The number of nitrogens with zero attached hydrogens (tertiary/aromatic N) is 2. The minimum atomic E-state index is -0.0197. The summed E-state index contributed by atoms with van der Waals surface area (Å²) in [5.41, 5.74) is 2.90. The predicted molar refractivity (Wildman–Crippen MR) is 117 cm³/mol. The summed E-state index contributed by atoms with van der Waals surface area (Å²) in [4.78, 5) is 19.7. The lowest BCUT2D eigenvalue weighted by Crippen LogP contribution is -2.38. The molecular formula is C23H24ClN3O2. The van der Waals surface area contributed by atoms with Crippen molar-refractivity contribution in [3.05, 3.63) is 59.2 Å². The summed E-state index contributed by atoms with van der Waals surface area (Å²) in [7, 11) is 1.64. The quantitative estimate of drug-likeness (QED) is 0.617. The van der Waals surface area contributed by atoms with Gasteiger partial charge in [0, 0.05) is 29.2 Å². The molecule has 0 bridgehead atoms. The second kappa shape index (κ2) is 8.29. The first-order valence-electron chi connectivity index (χ1n) is 9.84. The molecule has 0 atom stereocenters. The van der Waals surface area contributed by atoms with Crippen molar-refractivity contribution in [1.82, 2.24) is 9.88 Å². The van der Waals surface area contributed by atoms with Crippen molar-refractivity contribution in [3.63, 3.8) is 0 Å². The highest BCUT2D eigenvalue weighted by atomic mass is 35.5. The molecule has 1 saturated heterocycles. The number of methoxy groups -OCH3 is 1. The normalized spacial score (nSPS) is 14.8. The second-order valence-electron chi connectivity index (χ2n) is 7.54. The molecule has 1 fully saturated rings. The van der Waals surface area contributed by atoms with Gasteiger partial charge in [0.1, 0.15) is 11.4 Å². The number of piperidine rings is 1. The number of amides is 1. The van der Waals surface area contributed by atoms with E-state index in [2.05, 4.69) is 17.2 Å². The zero-order valence-corrected chi connectivity index (χ0v) is 17.4. The van der Waals surface area contributed by atoms with Gasteiger partial charge in [-0.25, -0.2) is 4.98 Å². The van der Waals surface area contributed by atoms with E-state index in [1.165, 1.54) is 0 Å². The molecule has 1 aliphatic rings. The van der Waals surface area contributed by atoms with Crippen molar-refractivity contribution in [2.45, 2.75) is 19.8 Å². The third-order valence-corrected chi connectivity index (χ3v) is 5.68. The standard InChI is InChI=1S/C23H24ClN3O2/c1-15-9-11-27(12-10-15)23(28)22-14-21(25-17-5-3-16(24)4-6-17)19-13-18(29-2)7-8-20(19)26-22/h3-8,13-15H,9-12H2,1-2H3,(H,25,26). The second-order valence-corrected chi connectivity index (χ2v) is 7.98. The van der Waals surface area contributed by atoms with Crippen molar-refractivity contribution in [2.24, 2.45) is 5.92 Å². The van der Waals surface area contributed by atoms with Crippen molar-refractivity contribution in [2.75, 3.05) is 25.5 Å². The summed E-state index contributed by atoms with van der Waals surface area (Å²) < 4.78 is 5.38. The van der Waals surface area contributed by atoms with E-state index in [9.17, 15) is 4.79 Å². The zero-order chi connectivity index (χ0) is 20.4. The maximum absolute atomic E-state index is 13.1. The van der Waals surface area contributed by atoms with E-state index in [1.54, 1.807) is 7.11 Å². The van der Waals surface area contributed by atoms with Gasteiger partial charge in [-0.2, -0.15) is 0 Å². The van der Waals surface area contributed by atoms with Gasteiger partial charge in [0.25, 0.3) is 5.91 Å². The molecule has 1 aliphatic heterocycles. The van der Waals surface area contributed by atoms with Gasteiger partial charge in [0.05, 0.1) is 18.3 Å². The number of likely N-dealkylation sites (tertiary alicyclic amines) is 1. The van der Waals surface area contributed by atoms with Gasteiger partial charge < -0.3 is 15.0 Å². The van der Waals surface area contributed by atoms with E-state index in [0.717, 1.165) is 54.0 Å². The highest BCUT2D eigenvalue weighted by molar-refractivity contribution is 6.30. The third-order valence-electron chi connectivity index (χ3n) is 5.43. The van der Waals surface area contributed by atoms with Crippen LogP contribution in [0.2, 0.25) is 5.02 Å². The number of anilines is 2. The number of rotatable bonds is 4. The van der Waals surface area contributed by atoms with Gasteiger partial charge in [0.2, 0.25) is 0 Å². The number of carbonyl (C=O) groups excluding carboxylic acids is 1. The van der Waals surface area contributed by atoms with E-state index in [-0.39, 0.29) is 5.91 Å². The van der Waals surface area contributed by atoms with Crippen LogP contribution in [0.25, 0.3) is 10.9 Å². The van der Waals surface area contributed by atoms with Crippen LogP contribution in [0.5, 0.6) is 5.75 Å². The lowest BCUT2D eigenvalue weighted by atomic mass is 9.99. The Morgan fingerprint density at radius 2 is 1.86 bits per heavy atom. The Labute approximate surface area is 175 Å². The number of carbonyl (C=O) groups is 1. The average molecular weight is 410 g/mol. The number of hydrogen-bond donors (Lipinski definition) is 1. The van der Waals surface area contributed by atoms with Crippen LogP contribution in [0.15, 0.2) is 48.5 Å². The minimum absolute atomic E-state index is 0.0197. The maximum Gasteiger partial charge on any atom is 0.272 e. The molecule has 0 aliphatic carbocycles. The first kappa shape index (κ1) is 19.5. The molecule has 1 N–H and O–H groups in total. The fourth-order valence-electron chi connectivity index (χ4n) is 3.61. The number of fused-ring (bicyclic) bond motifs is 1. The molecule has 0 saturated carbocycles. The van der Waals surface area contributed by atoms with Gasteiger partial charge in [-0.05, 0) is 67.3 Å². The van der Waals surface area contributed by atoms with Gasteiger partial charge in [-0.3, -0.25) is 4.79 Å². The highest BCUT2D eigenvalue weighted by Crippen LogP contribution is 2.31. The van der Waals surface area contributed by atoms with E-state index >= 15 is 0 Å². The van der Waals surface area contributed by atoms with E-state index in [1.807, 2.05) is 53.4 Å². The molecule has 29 heavy (non-hydrogen) atoms. The summed E-state index contributed by atoms with van der Waals surface area (Å²) in [6.45, 7) is 3.79. The molecule has 2 aromatic carbocycles. The summed E-state index contributed by atoms with van der Waals surface area (Å²) in [5.74, 6) is 1.38. The highest BCUT2D eigenvalue weighted by Gasteiger charge is 2.23.